The zero-order chi connectivity index (χ0) is 14.8. The van der Waals surface area contributed by atoms with E-state index in [2.05, 4.69) is 15.2 Å². The maximum absolute atomic E-state index is 12.6. The Hall–Kier alpha value is -2.17. The minimum absolute atomic E-state index is 0.00201. The third kappa shape index (κ3) is 2.68. The van der Waals surface area contributed by atoms with Crippen LogP contribution in [0.2, 0.25) is 0 Å². The maximum atomic E-state index is 12.6. The quantitative estimate of drug-likeness (QED) is 0.934. The molecule has 0 saturated heterocycles. The molecule has 2 aromatic rings. The van der Waals surface area contributed by atoms with Crippen molar-refractivity contribution in [2.24, 2.45) is 0 Å². The Kier molecular flexibility index (Phi) is 3.73. The summed E-state index contributed by atoms with van der Waals surface area (Å²) in [6.07, 6.45) is 5.59. The van der Waals surface area contributed by atoms with Crippen molar-refractivity contribution in [3.63, 3.8) is 0 Å². The summed E-state index contributed by atoms with van der Waals surface area (Å²) in [5.74, 6) is -0.00201. The molecule has 2 heterocycles. The standard InChI is InChI=1S/C16H20N4O/c1-11(10-12-6-3-4-9-17-12)20(2)16(21)15-13-7-5-8-14(13)18-19-15/h3-4,6,9,11H,5,7-8,10H2,1-2H3,(H,18,19)/t11-/m0/s1. The minimum atomic E-state index is -0.00201. The van der Waals surface area contributed by atoms with Crippen LogP contribution >= 0.6 is 0 Å². The molecule has 0 aliphatic heterocycles. The van der Waals surface area contributed by atoms with Crippen LogP contribution in [0.5, 0.6) is 0 Å². The molecule has 0 aromatic carbocycles. The molecular weight excluding hydrogens is 264 g/mol. The fraction of sp³-hybridized carbons (Fsp3) is 0.438. The monoisotopic (exact) mass is 284 g/mol. The number of hydrogen-bond donors (Lipinski definition) is 1. The van der Waals surface area contributed by atoms with Crippen LogP contribution in [0.15, 0.2) is 24.4 Å². The molecule has 0 radical (unpaired) electrons. The van der Waals surface area contributed by atoms with Crippen LogP contribution in [-0.2, 0) is 19.3 Å². The Bertz CT molecular complexity index is 635. The van der Waals surface area contributed by atoms with E-state index in [0.29, 0.717) is 5.69 Å². The molecule has 5 nitrogen and oxygen atoms in total. The first-order valence-electron chi connectivity index (χ1n) is 7.40. The average Bonchev–Trinajstić information content (AvgIpc) is 3.09. The van der Waals surface area contributed by atoms with Crippen LogP contribution in [0.25, 0.3) is 0 Å². The lowest BCUT2D eigenvalue weighted by Gasteiger charge is -2.24. The fourth-order valence-corrected chi connectivity index (χ4v) is 2.82. The molecular formula is C16H20N4O. The summed E-state index contributed by atoms with van der Waals surface area (Å²) in [6.45, 7) is 2.04. The molecule has 0 bridgehead atoms. The van der Waals surface area contributed by atoms with Gasteiger partial charge < -0.3 is 4.90 Å². The lowest BCUT2D eigenvalue weighted by Crippen LogP contribution is -2.37. The van der Waals surface area contributed by atoms with Crippen molar-refractivity contribution in [3.8, 4) is 0 Å². The predicted octanol–water partition coefficient (Wildman–Crippen LogP) is 2.00. The van der Waals surface area contributed by atoms with Gasteiger partial charge in [0.25, 0.3) is 5.91 Å². The molecule has 110 valence electrons. The van der Waals surface area contributed by atoms with Crippen LogP contribution in [0.4, 0.5) is 0 Å². The van der Waals surface area contributed by atoms with E-state index in [9.17, 15) is 4.79 Å². The number of aryl methyl sites for hydroxylation is 1. The first-order valence-corrected chi connectivity index (χ1v) is 7.40. The minimum Gasteiger partial charge on any atom is -0.337 e. The smallest absolute Gasteiger partial charge is 0.274 e. The molecule has 21 heavy (non-hydrogen) atoms. The Balaban J connectivity index is 1.72. The highest BCUT2D eigenvalue weighted by Gasteiger charge is 2.27. The van der Waals surface area contributed by atoms with Crippen molar-refractivity contribution >= 4 is 5.91 Å². The summed E-state index contributed by atoms with van der Waals surface area (Å²) in [7, 11) is 1.84. The molecule has 5 heteroatoms. The van der Waals surface area contributed by atoms with Crippen LogP contribution in [0.3, 0.4) is 0 Å². The number of carbonyl (C=O) groups is 1. The van der Waals surface area contributed by atoms with E-state index in [1.165, 1.54) is 0 Å². The van der Waals surface area contributed by atoms with Crippen molar-refractivity contribution in [1.29, 1.82) is 0 Å². The highest BCUT2D eigenvalue weighted by molar-refractivity contribution is 5.94. The van der Waals surface area contributed by atoms with Crippen LogP contribution in [0, 0.1) is 0 Å². The largest absolute Gasteiger partial charge is 0.337 e. The molecule has 1 aliphatic rings. The van der Waals surface area contributed by atoms with E-state index < -0.39 is 0 Å². The molecule has 0 saturated carbocycles. The number of nitrogens with one attached hydrogen (secondary N) is 1. The molecule has 0 spiro atoms. The number of nitrogens with zero attached hydrogens (tertiary/aromatic N) is 3. The molecule has 1 aliphatic carbocycles. The average molecular weight is 284 g/mol. The van der Waals surface area contributed by atoms with Crippen molar-refractivity contribution in [2.45, 2.75) is 38.6 Å². The van der Waals surface area contributed by atoms with Gasteiger partial charge in [0.2, 0.25) is 0 Å². The fourth-order valence-electron chi connectivity index (χ4n) is 2.82. The van der Waals surface area contributed by atoms with Gasteiger partial charge in [0, 0.05) is 42.7 Å². The number of aromatic nitrogens is 3. The van der Waals surface area contributed by atoms with E-state index in [0.717, 1.165) is 42.6 Å². The van der Waals surface area contributed by atoms with E-state index in [1.54, 1.807) is 11.1 Å². The van der Waals surface area contributed by atoms with Crippen molar-refractivity contribution < 1.29 is 4.79 Å². The number of amides is 1. The number of fused-ring (bicyclic) bond motifs is 1. The summed E-state index contributed by atoms with van der Waals surface area (Å²) < 4.78 is 0. The Morgan fingerprint density at radius 1 is 1.43 bits per heavy atom. The molecule has 0 unspecified atom stereocenters. The number of likely N-dealkylation sites (N-methyl/N-ethyl adjacent to an activating group) is 1. The molecule has 2 aromatic heterocycles. The Morgan fingerprint density at radius 2 is 2.29 bits per heavy atom. The molecule has 1 atom stereocenters. The van der Waals surface area contributed by atoms with E-state index in [-0.39, 0.29) is 11.9 Å². The highest BCUT2D eigenvalue weighted by Crippen LogP contribution is 2.24. The van der Waals surface area contributed by atoms with Crippen molar-refractivity contribution in [1.82, 2.24) is 20.1 Å². The van der Waals surface area contributed by atoms with Gasteiger partial charge in [-0.1, -0.05) is 6.07 Å². The topological polar surface area (TPSA) is 61.9 Å². The van der Waals surface area contributed by atoms with Gasteiger partial charge in [-0.2, -0.15) is 5.10 Å². The maximum Gasteiger partial charge on any atom is 0.274 e. The number of pyridine rings is 1. The Morgan fingerprint density at radius 3 is 3.05 bits per heavy atom. The van der Waals surface area contributed by atoms with Crippen LogP contribution in [0.1, 0.15) is 40.8 Å². The van der Waals surface area contributed by atoms with Crippen molar-refractivity contribution in [2.75, 3.05) is 7.05 Å². The normalized spacial score (nSPS) is 14.8. The summed E-state index contributed by atoms with van der Waals surface area (Å²) in [6, 6.07) is 5.94. The molecule has 1 amide bonds. The third-order valence-electron chi connectivity index (χ3n) is 4.22. The van der Waals surface area contributed by atoms with Gasteiger partial charge in [-0.05, 0) is 38.3 Å². The SMILES string of the molecule is C[C@@H](Cc1ccccn1)N(C)C(=O)c1n[nH]c2c1CCC2. The second-order valence-electron chi connectivity index (χ2n) is 5.67. The van der Waals surface area contributed by atoms with Gasteiger partial charge in [0.15, 0.2) is 5.69 Å². The zero-order valence-electron chi connectivity index (χ0n) is 12.5. The Labute approximate surface area is 124 Å². The molecule has 3 rings (SSSR count). The number of carbonyl (C=O) groups excluding carboxylic acids is 1. The van der Waals surface area contributed by atoms with E-state index >= 15 is 0 Å². The summed E-state index contributed by atoms with van der Waals surface area (Å²) in [5.41, 5.74) is 3.83. The lowest BCUT2D eigenvalue weighted by molar-refractivity contribution is 0.0736. The van der Waals surface area contributed by atoms with Gasteiger partial charge in [-0.15, -0.1) is 0 Å². The lowest BCUT2D eigenvalue weighted by atomic mass is 10.1. The van der Waals surface area contributed by atoms with Crippen LogP contribution in [-0.4, -0.2) is 39.1 Å². The number of H-pyrrole nitrogens is 1. The number of aromatic amines is 1. The highest BCUT2D eigenvalue weighted by atomic mass is 16.2. The van der Waals surface area contributed by atoms with Gasteiger partial charge in [0.1, 0.15) is 0 Å². The second-order valence-corrected chi connectivity index (χ2v) is 5.67. The first-order chi connectivity index (χ1) is 10.2. The van der Waals surface area contributed by atoms with Crippen molar-refractivity contribution in [3.05, 3.63) is 47.0 Å². The van der Waals surface area contributed by atoms with Crippen LogP contribution < -0.4 is 0 Å². The van der Waals surface area contributed by atoms with E-state index in [1.807, 2.05) is 32.2 Å². The van der Waals surface area contributed by atoms with Gasteiger partial charge in [0.05, 0.1) is 0 Å². The summed E-state index contributed by atoms with van der Waals surface area (Å²) >= 11 is 0. The third-order valence-corrected chi connectivity index (χ3v) is 4.22. The predicted molar refractivity (Wildman–Crippen MR) is 80.1 cm³/mol. The second kappa shape index (κ2) is 5.68. The summed E-state index contributed by atoms with van der Waals surface area (Å²) in [5, 5.41) is 7.22. The van der Waals surface area contributed by atoms with E-state index in [4.69, 9.17) is 0 Å². The van der Waals surface area contributed by atoms with Gasteiger partial charge in [-0.3, -0.25) is 14.9 Å². The number of rotatable bonds is 4. The molecule has 0 fully saturated rings. The summed E-state index contributed by atoms with van der Waals surface area (Å²) in [4.78, 5) is 18.7. The van der Waals surface area contributed by atoms with Gasteiger partial charge in [-0.25, -0.2) is 0 Å². The zero-order valence-corrected chi connectivity index (χ0v) is 12.5. The number of hydrogen-bond acceptors (Lipinski definition) is 3. The van der Waals surface area contributed by atoms with Gasteiger partial charge >= 0.3 is 0 Å². The molecule has 1 N–H and O–H groups in total. The first kappa shape index (κ1) is 13.8.